The highest BCUT2D eigenvalue weighted by Gasteiger charge is 1.94. The van der Waals surface area contributed by atoms with Gasteiger partial charge < -0.3 is 19.7 Å². The van der Waals surface area contributed by atoms with Gasteiger partial charge in [-0.2, -0.15) is 0 Å². The van der Waals surface area contributed by atoms with E-state index in [0.29, 0.717) is 11.9 Å². The van der Waals surface area contributed by atoms with Gasteiger partial charge in [0, 0.05) is 0 Å². The highest BCUT2D eigenvalue weighted by atomic mass is 32.2. The summed E-state index contributed by atoms with van der Waals surface area (Å²) < 4.78 is 1.72. The van der Waals surface area contributed by atoms with E-state index in [2.05, 4.69) is 0 Å². The maximum absolute atomic E-state index is 9.71. The molecule has 6 heteroatoms. The standard InChI is InChI=1S/C3H5NO4S/c5-2(6)1-9-4-3(7)8/h4H,1H2,(H,5,6)(H,7,8)/p-1. The monoisotopic (exact) mass is 150 g/mol. The number of carboxylic acids is 1. The quantitative estimate of drug-likeness (QED) is 0.485. The zero-order valence-electron chi connectivity index (χ0n) is 4.29. The van der Waals surface area contributed by atoms with E-state index < -0.39 is 12.1 Å². The zero-order valence-corrected chi connectivity index (χ0v) is 5.10. The highest BCUT2D eigenvalue weighted by molar-refractivity contribution is 7.98. The second-order valence-electron chi connectivity index (χ2n) is 1.07. The maximum atomic E-state index is 9.71. The van der Waals surface area contributed by atoms with Gasteiger partial charge in [0.2, 0.25) is 0 Å². The van der Waals surface area contributed by atoms with Gasteiger partial charge in [0.15, 0.2) is 0 Å². The van der Waals surface area contributed by atoms with E-state index in [-0.39, 0.29) is 5.75 Å². The first kappa shape index (κ1) is 8.09. The summed E-state index contributed by atoms with van der Waals surface area (Å²) in [6, 6.07) is 0. The van der Waals surface area contributed by atoms with Crippen LogP contribution >= 0.6 is 11.9 Å². The number of nitrogens with one attached hydrogen (secondary N) is 1. The molecule has 2 N–H and O–H groups in total. The van der Waals surface area contributed by atoms with E-state index in [1.54, 1.807) is 4.72 Å². The Morgan fingerprint density at radius 1 is 1.67 bits per heavy atom. The van der Waals surface area contributed by atoms with Crippen LogP contribution in [0.5, 0.6) is 0 Å². The molecule has 1 amide bonds. The van der Waals surface area contributed by atoms with Gasteiger partial charge in [-0.3, -0.25) is 4.79 Å². The largest absolute Gasteiger partial charge is 0.529 e. The van der Waals surface area contributed by atoms with Crippen molar-refractivity contribution in [1.29, 1.82) is 0 Å². The third-order valence-corrected chi connectivity index (χ3v) is 1.05. The summed E-state index contributed by atoms with van der Waals surface area (Å²) in [6.07, 6.45) is -1.48. The van der Waals surface area contributed by atoms with Crippen molar-refractivity contribution in [3.63, 3.8) is 0 Å². The maximum Gasteiger partial charge on any atom is 0.315 e. The second-order valence-corrected chi connectivity index (χ2v) is 1.85. The predicted molar refractivity (Wildman–Crippen MR) is 28.6 cm³/mol. The Kier molecular flexibility index (Phi) is 3.61. The molecular weight excluding hydrogens is 146 g/mol. The Labute approximate surface area is 55.2 Å². The lowest BCUT2D eigenvalue weighted by atomic mass is 10.8. The van der Waals surface area contributed by atoms with Gasteiger partial charge in [0.05, 0.1) is 0 Å². The number of rotatable bonds is 3. The number of hydrogen-bond donors (Lipinski definition) is 2. The summed E-state index contributed by atoms with van der Waals surface area (Å²) in [7, 11) is 0. The lowest BCUT2D eigenvalue weighted by Crippen LogP contribution is -2.32. The van der Waals surface area contributed by atoms with Crippen LogP contribution in [0.2, 0.25) is 0 Å². The van der Waals surface area contributed by atoms with Gasteiger partial charge in [-0.25, -0.2) is 0 Å². The highest BCUT2D eigenvalue weighted by Crippen LogP contribution is 1.89. The van der Waals surface area contributed by atoms with E-state index >= 15 is 0 Å². The second kappa shape index (κ2) is 4.02. The molecule has 52 valence electrons. The van der Waals surface area contributed by atoms with Crippen molar-refractivity contribution in [3.8, 4) is 0 Å². The summed E-state index contributed by atoms with van der Waals surface area (Å²) in [5, 5.41) is 17.5. The molecule has 0 fully saturated rings. The molecule has 0 saturated carbocycles. The Morgan fingerprint density at radius 2 is 2.22 bits per heavy atom. The predicted octanol–water partition coefficient (Wildman–Crippen LogP) is -1.35. The lowest BCUT2D eigenvalue weighted by Gasteiger charge is -2.00. The number of aliphatic carboxylic acids is 1. The summed E-state index contributed by atoms with van der Waals surface area (Å²) in [5.41, 5.74) is 0. The summed E-state index contributed by atoms with van der Waals surface area (Å²) >= 11 is 0.558. The van der Waals surface area contributed by atoms with Crippen molar-refractivity contribution in [1.82, 2.24) is 4.72 Å². The van der Waals surface area contributed by atoms with Crippen LogP contribution in [0.4, 0.5) is 4.79 Å². The van der Waals surface area contributed by atoms with Crippen LogP contribution in [-0.2, 0) is 4.79 Å². The fraction of sp³-hybridized carbons (Fsp3) is 0.333. The minimum absolute atomic E-state index is 0.298. The van der Waals surface area contributed by atoms with Gasteiger partial charge in [-0.1, -0.05) is 0 Å². The number of carbonyl (C=O) groups excluding carboxylic acids is 1. The van der Waals surface area contributed by atoms with Crippen LogP contribution in [-0.4, -0.2) is 22.9 Å². The molecule has 0 heterocycles. The van der Waals surface area contributed by atoms with Crippen LogP contribution < -0.4 is 9.83 Å². The van der Waals surface area contributed by atoms with Gasteiger partial charge in [0.25, 0.3) is 0 Å². The smallest absolute Gasteiger partial charge is 0.315 e. The minimum atomic E-state index is -1.48. The van der Waals surface area contributed by atoms with E-state index in [9.17, 15) is 14.7 Å². The van der Waals surface area contributed by atoms with Crippen molar-refractivity contribution in [2.24, 2.45) is 0 Å². The van der Waals surface area contributed by atoms with Crippen LogP contribution in [0.15, 0.2) is 0 Å². The van der Waals surface area contributed by atoms with Crippen LogP contribution in [0.25, 0.3) is 0 Å². The molecule has 5 nitrogen and oxygen atoms in total. The first-order valence-corrected chi connectivity index (χ1v) is 2.92. The molecule has 0 aromatic rings. The van der Waals surface area contributed by atoms with E-state index in [1.807, 2.05) is 0 Å². The first-order chi connectivity index (χ1) is 4.13. The Hall–Kier alpha value is -0.910. The zero-order chi connectivity index (χ0) is 7.28. The topological polar surface area (TPSA) is 89.5 Å². The van der Waals surface area contributed by atoms with Crippen molar-refractivity contribution in [2.45, 2.75) is 0 Å². The third-order valence-electron chi connectivity index (χ3n) is 0.351. The third kappa shape index (κ3) is 7.09. The molecular formula is C3H4NO4S-. The fourth-order valence-electron chi connectivity index (χ4n) is 0.157. The van der Waals surface area contributed by atoms with E-state index in [4.69, 9.17) is 5.11 Å². The van der Waals surface area contributed by atoms with Crippen molar-refractivity contribution in [3.05, 3.63) is 0 Å². The molecule has 0 bridgehead atoms. The van der Waals surface area contributed by atoms with Crippen LogP contribution in [0, 0.1) is 0 Å². The van der Waals surface area contributed by atoms with Crippen molar-refractivity contribution in [2.75, 3.05) is 5.75 Å². The van der Waals surface area contributed by atoms with Crippen LogP contribution in [0.1, 0.15) is 0 Å². The van der Waals surface area contributed by atoms with Gasteiger partial charge in [-0.15, -0.1) is 0 Å². The number of carbonyl (C=O) groups is 2. The molecule has 0 unspecified atom stereocenters. The molecule has 0 aliphatic carbocycles. The summed E-state index contributed by atoms with van der Waals surface area (Å²) in [5.74, 6) is -1.37. The molecule has 0 aromatic heterocycles. The Morgan fingerprint density at radius 3 is 2.56 bits per heavy atom. The average Bonchev–Trinajstić information content (AvgIpc) is 1.63. The molecule has 0 rings (SSSR count). The average molecular weight is 150 g/mol. The molecule has 0 aromatic carbocycles. The van der Waals surface area contributed by atoms with E-state index in [1.165, 1.54) is 0 Å². The minimum Gasteiger partial charge on any atom is -0.529 e. The van der Waals surface area contributed by atoms with Crippen molar-refractivity contribution >= 4 is 24.0 Å². The van der Waals surface area contributed by atoms with E-state index in [0.717, 1.165) is 0 Å². The number of amides is 1. The van der Waals surface area contributed by atoms with Gasteiger partial charge >= 0.3 is 5.97 Å². The first-order valence-electron chi connectivity index (χ1n) is 1.93. The molecule has 9 heavy (non-hydrogen) atoms. The normalized spacial score (nSPS) is 8.44. The Bertz CT molecular complexity index is 111. The Balaban J connectivity index is 3.10. The van der Waals surface area contributed by atoms with Crippen LogP contribution in [0.3, 0.4) is 0 Å². The molecule has 0 spiro atoms. The lowest BCUT2D eigenvalue weighted by molar-refractivity contribution is -0.247. The van der Waals surface area contributed by atoms with Crippen molar-refractivity contribution < 1.29 is 19.8 Å². The molecule has 0 radical (unpaired) electrons. The molecule has 0 saturated heterocycles. The van der Waals surface area contributed by atoms with Gasteiger partial charge in [-0.05, 0) is 11.9 Å². The number of carboxylic acid groups (broad SMARTS) is 2. The molecule has 0 aliphatic rings. The van der Waals surface area contributed by atoms with Gasteiger partial charge in [0.1, 0.15) is 11.8 Å². The summed E-state index contributed by atoms with van der Waals surface area (Å²) in [6.45, 7) is 0. The molecule has 0 aliphatic heterocycles. The fourth-order valence-corrected chi connectivity index (χ4v) is 0.470. The summed E-state index contributed by atoms with van der Waals surface area (Å²) in [4.78, 5) is 19.3. The number of hydrogen-bond acceptors (Lipinski definition) is 4. The SMILES string of the molecule is O=C(O)CSNC(=O)[O-]. The molecule has 0 atom stereocenters.